The fraction of sp³-hybridized carbons (Fsp3) is 0. The predicted octanol–water partition coefficient (Wildman–Crippen LogP) is 16.3. The number of hydrogen-bond donors (Lipinski definition) is 0. The lowest BCUT2D eigenvalue weighted by atomic mass is 9.97. The molecule has 0 fully saturated rings. The highest BCUT2D eigenvalue weighted by molar-refractivity contribution is 6.17. The molecule has 0 aliphatic rings. The van der Waals surface area contributed by atoms with Gasteiger partial charge in [-0.15, -0.1) is 0 Å². The van der Waals surface area contributed by atoms with Crippen LogP contribution in [0.1, 0.15) is 0 Å². The first kappa shape index (κ1) is 34.9. The van der Waals surface area contributed by atoms with E-state index in [1.54, 1.807) is 0 Å². The molecule has 0 aliphatic carbocycles. The van der Waals surface area contributed by atoms with E-state index < -0.39 is 0 Å². The predicted molar refractivity (Wildman–Crippen MR) is 257 cm³/mol. The Hall–Kier alpha value is -8.14. The van der Waals surface area contributed by atoms with Gasteiger partial charge in [0, 0.05) is 38.8 Å². The van der Waals surface area contributed by atoms with Gasteiger partial charge in [-0.1, -0.05) is 164 Å². The topological polar surface area (TPSA) is 21.3 Å². The molecule has 61 heavy (non-hydrogen) atoms. The summed E-state index contributed by atoms with van der Waals surface area (Å²) in [5.74, 6) is 0. The highest BCUT2D eigenvalue weighted by Gasteiger charge is 2.23. The second kappa shape index (κ2) is 14.3. The monoisotopic (exact) mass is 778 g/mol. The molecule has 0 saturated carbocycles. The summed E-state index contributed by atoms with van der Waals surface area (Å²) in [6.45, 7) is 0. The molecule has 0 spiro atoms. The Labute approximate surface area is 353 Å². The molecule has 3 heteroatoms. The van der Waals surface area contributed by atoms with E-state index in [1.165, 1.54) is 43.7 Å². The first-order valence-electron chi connectivity index (χ1n) is 20.8. The summed E-state index contributed by atoms with van der Waals surface area (Å²) in [5.41, 5.74) is 15.2. The number of benzene rings is 10. The first-order valence-corrected chi connectivity index (χ1v) is 20.8. The number of nitrogens with zero attached hydrogens (tertiary/aromatic N) is 2. The van der Waals surface area contributed by atoms with Crippen LogP contribution in [0.2, 0.25) is 0 Å². The number of para-hydroxylation sites is 3. The molecule has 2 heterocycles. The van der Waals surface area contributed by atoms with Crippen LogP contribution in [-0.2, 0) is 0 Å². The number of anilines is 3. The molecule has 0 bridgehead atoms. The van der Waals surface area contributed by atoms with E-state index in [-0.39, 0.29) is 0 Å². The van der Waals surface area contributed by atoms with E-state index in [1.807, 2.05) is 0 Å². The van der Waals surface area contributed by atoms with Gasteiger partial charge in [-0.25, -0.2) is 0 Å². The Morgan fingerprint density at radius 2 is 0.918 bits per heavy atom. The largest absolute Gasteiger partial charge is 0.455 e. The van der Waals surface area contributed by atoms with E-state index in [0.717, 1.165) is 66.9 Å². The van der Waals surface area contributed by atoms with E-state index in [0.29, 0.717) is 0 Å². The Bertz CT molecular complexity index is 3550. The van der Waals surface area contributed by atoms with Crippen LogP contribution in [0.25, 0.3) is 93.6 Å². The molecule has 0 unspecified atom stereocenters. The quantitative estimate of drug-likeness (QED) is 0.161. The summed E-state index contributed by atoms with van der Waals surface area (Å²) in [5, 5.41) is 7.08. The third-order valence-electron chi connectivity index (χ3n) is 12.2. The van der Waals surface area contributed by atoms with Gasteiger partial charge in [0.2, 0.25) is 0 Å². The van der Waals surface area contributed by atoms with Gasteiger partial charge >= 0.3 is 0 Å². The van der Waals surface area contributed by atoms with Gasteiger partial charge in [0.05, 0.1) is 22.1 Å². The maximum absolute atomic E-state index is 6.97. The van der Waals surface area contributed by atoms with Crippen molar-refractivity contribution in [2.75, 3.05) is 4.90 Å². The van der Waals surface area contributed by atoms with Crippen LogP contribution in [0.4, 0.5) is 17.1 Å². The number of hydrogen-bond acceptors (Lipinski definition) is 2. The lowest BCUT2D eigenvalue weighted by Gasteiger charge is -2.28. The molecule has 12 aromatic rings. The minimum atomic E-state index is 0.854. The lowest BCUT2D eigenvalue weighted by molar-refractivity contribution is 0.670. The lowest BCUT2D eigenvalue weighted by Crippen LogP contribution is -2.11. The molecule has 10 aromatic carbocycles. The third-order valence-corrected chi connectivity index (χ3v) is 12.2. The van der Waals surface area contributed by atoms with Crippen molar-refractivity contribution in [3.63, 3.8) is 0 Å². The van der Waals surface area contributed by atoms with Crippen molar-refractivity contribution in [3.8, 4) is 39.1 Å². The molecule has 2 aromatic heterocycles. The molecular formula is C58H38N2O. The summed E-state index contributed by atoms with van der Waals surface area (Å²) in [7, 11) is 0. The number of aromatic nitrogens is 1. The van der Waals surface area contributed by atoms with Crippen LogP contribution in [0.3, 0.4) is 0 Å². The number of fused-ring (bicyclic) bond motifs is 7. The van der Waals surface area contributed by atoms with Crippen molar-refractivity contribution < 1.29 is 4.42 Å². The second-order valence-corrected chi connectivity index (χ2v) is 15.7. The summed E-state index contributed by atoms with van der Waals surface area (Å²) in [6.07, 6.45) is 0. The molecule has 0 radical (unpaired) electrons. The zero-order valence-corrected chi connectivity index (χ0v) is 33.2. The van der Waals surface area contributed by atoms with Gasteiger partial charge in [0.25, 0.3) is 0 Å². The van der Waals surface area contributed by atoms with Crippen molar-refractivity contribution in [1.82, 2.24) is 4.57 Å². The van der Waals surface area contributed by atoms with E-state index in [9.17, 15) is 0 Å². The molecule has 0 aliphatic heterocycles. The van der Waals surface area contributed by atoms with Gasteiger partial charge in [-0.3, -0.25) is 0 Å². The third kappa shape index (κ3) is 5.82. The van der Waals surface area contributed by atoms with Crippen LogP contribution in [0, 0.1) is 0 Å². The Morgan fingerprint density at radius 1 is 0.361 bits per heavy atom. The number of furan rings is 1. The van der Waals surface area contributed by atoms with Gasteiger partial charge in [0.15, 0.2) is 0 Å². The van der Waals surface area contributed by atoms with Crippen molar-refractivity contribution in [2.24, 2.45) is 0 Å². The summed E-state index contributed by atoms with van der Waals surface area (Å²) in [4.78, 5) is 2.41. The van der Waals surface area contributed by atoms with Crippen molar-refractivity contribution in [3.05, 3.63) is 231 Å². The summed E-state index contributed by atoms with van der Waals surface area (Å²) < 4.78 is 9.35. The van der Waals surface area contributed by atoms with Crippen LogP contribution < -0.4 is 4.90 Å². The second-order valence-electron chi connectivity index (χ2n) is 15.7. The van der Waals surface area contributed by atoms with E-state index >= 15 is 0 Å². The molecule has 0 amide bonds. The molecule has 0 atom stereocenters. The molecular weight excluding hydrogens is 741 g/mol. The first-order chi connectivity index (χ1) is 30.3. The molecule has 3 nitrogen and oxygen atoms in total. The van der Waals surface area contributed by atoms with Gasteiger partial charge in [-0.2, -0.15) is 0 Å². The fourth-order valence-electron chi connectivity index (χ4n) is 9.41. The average Bonchev–Trinajstić information content (AvgIpc) is 3.89. The summed E-state index contributed by atoms with van der Waals surface area (Å²) in [6, 6.07) is 82.8. The van der Waals surface area contributed by atoms with E-state index in [4.69, 9.17) is 4.42 Å². The van der Waals surface area contributed by atoms with Crippen LogP contribution in [0.5, 0.6) is 0 Å². The van der Waals surface area contributed by atoms with Gasteiger partial charge in [-0.05, 0) is 105 Å². The van der Waals surface area contributed by atoms with Crippen molar-refractivity contribution in [2.45, 2.75) is 0 Å². The zero-order chi connectivity index (χ0) is 40.3. The zero-order valence-electron chi connectivity index (χ0n) is 33.2. The molecule has 0 saturated heterocycles. The average molecular weight is 779 g/mol. The van der Waals surface area contributed by atoms with Crippen molar-refractivity contribution >= 4 is 71.6 Å². The Morgan fingerprint density at radius 3 is 1.69 bits per heavy atom. The molecule has 286 valence electrons. The van der Waals surface area contributed by atoms with Crippen molar-refractivity contribution in [1.29, 1.82) is 0 Å². The van der Waals surface area contributed by atoms with Crippen LogP contribution >= 0.6 is 0 Å². The van der Waals surface area contributed by atoms with E-state index in [2.05, 4.69) is 240 Å². The minimum Gasteiger partial charge on any atom is -0.455 e. The highest BCUT2D eigenvalue weighted by Crippen LogP contribution is 2.47. The molecule has 12 rings (SSSR count). The Kier molecular flexibility index (Phi) is 8.17. The normalized spacial score (nSPS) is 11.6. The SMILES string of the molecule is c1ccc(-c2cccc(N(c3cccc(-c4cccc5ccccc45)c3)c3ccc(-c4cccc(-n5c6ccccc6c6ccccc65)c4)c4oc5ccccc5c34)c2)cc1. The van der Waals surface area contributed by atoms with Crippen LogP contribution in [0.15, 0.2) is 235 Å². The smallest absolute Gasteiger partial charge is 0.145 e. The van der Waals surface area contributed by atoms with Gasteiger partial charge < -0.3 is 13.9 Å². The maximum Gasteiger partial charge on any atom is 0.145 e. The molecule has 0 N–H and O–H groups in total. The Balaban J connectivity index is 1.09. The summed E-state index contributed by atoms with van der Waals surface area (Å²) >= 11 is 0. The standard InChI is InChI=1S/C58H38N2O/c1-2-16-39(17-3-1)41-20-12-23-44(36-41)59(45-24-13-21-42(37-45)48-30-15-19-40-18-4-5-26-47(40)48)55-35-34-49(58-57(55)52-29-8-11-33-56(52)61-58)43-22-14-25-46(38-43)60-53-31-9-6-27-50(53)51-28-7-10-32-54(51)60/h1-38H. The minimum absolute atomic E-state index is 0.854. The maximum atomic E-state index is 6.97. The number of rotatable bonds is 7. The highest BCUT2D eigenvalue weighted by atomic mass is 16.3. The fourth-order valence-corrected chi connectivity index (χ4v) is 9.41. The van der Waals surface area contributed by atoms with Gasteiger partial charge in [0.1, 0.15) is 11.2 Å². The van der Waals surface area contributed by atoms with Crippen LogP contribution in [-0.4, -0.2) is 4.57 Å².